The van der Waals surface area contributed by atoms with E-state index < -0.39 is 0 Å². The number of benzene rings is 5. The molecule has 162 valence electrons. The lowest BCUT2D eigenvalue weighted by atomic mass is 9.99. The van der Waals surface area contributed by atoms with Crippen molar-refractivity contribution in [2.24, 2.45) is 0 Å². The molecule has 0 aliphatic rings. The van der Waals surface area contributed by atoms with Crippen LogP contribution in [0.15, 0.2) is 115 Å². The van der Waals surface area contributed by atoms with Crippen LogP contribution in [0.4, 0.5) is 0 Å². The van der Waals surface area contributed by atoms with Gasteiger partial charge in [-0.15, -0.1) is 0 Å². The molecule has 0 aliphatic heterocycles. The van der Waals surface area contributed by atoms with Crippen LogP contribution in [0.1, 0.15) is 0 Å². The fourth-order valence-corrected chi connectivity index (χ4v) is 5.48. The molecule has 0 N–H and O–H groups in total. The van der Waals surface area contributed by atoms with Crippen LogP contribution in [0, 0.1) is 0 Å². The van der Waals surface area contributed by atoms with Gasteiger partial charge in [0, 0.05) is 16.2 Å². The van der Waals surface area contributed by atoms with Crippen LogP contribution in [0.2, 0.25) is 0 Å². The molecule has 0 radical (unpaired) electrons. The Morgan fingerprint density at radius 3 is 1.80 bits per heavy atom. The molecule has 0 saturated heterocycles. The van der Waals surface area contributed by atoms with Gasteiger partial charge >= 0.3 is 0 Å². The second-order valence-electron chi connectivity index (χ2n) is 9.10. The lowest BCUT2D eigenvalue weighted by Crippen LogP contribution is -1.89. The highest BCUT2D eigenvalue weighted by atomic mass is 15.0. The molecule has 0 fully saturated rings. The average Bonchev–Trinajstić information content (AvgIpc) is 3.43. The summed E-state index contributed by atoms with van der Waals surface area (Å²) in [5.41, 5.74) is 10.9. The Morgan fingerprint density at radius 2 is 1.06 bits per heavy atom. The predicted octanol–water partition coefficient (Wildman–Crippen LogP) is 8.11. The first-order valence-electron chi connectivity index (χ1n) is 11.9. The predicted molar refractivity (Wildman–Crippen MR) is 145 cm³/mol. The van der Waals surface area contributed by atoms with Crippen molar-refractivity contribution in [3.63, 3.8) is 0 Å². The summed E-state index contributed by atoms with van der Waals surface area (Å²) in [5.74, 6) is 0. The second kappa shape index (κ2) is 6.87. The molecular weight excluding hydrogens is 426 g/mol. The highest BCUT2D eigenvalue weighted by Gasteiger charge is 2.21. The van der Waals surface area contributed by atoms with E-state index in [0.717, 1.165) is 33.1 Å². The van der Waals surface area contributed by atoms with E-state index in [1.165, 1.54) is 38.5 Å². The molecule has 0 amide bonds. The summed E-state index contributed by atoms with van der Waals surface area (Å²) in [5, 5.41) is 3.62. The third-order valence-corrected chi connectivity index (χ3v) is 7.09. The van der Waals surface area contributed by atoms with Crippen LogP contribution in [0.3, 0.4) is 0 Å². The third kappa shape index (κ3) is 2.61. The van der Waals surface area contributed by atoms with E-state index in [1.54, 1.807) is 0 Å². The Hall–Kier alpha value is -4.76. The maximum Gasteiger partial charge on any atom is 0.165 e. The van der Waals surface area contributed by atoms with Gasteiger partial charge in [0.1, 0.15) is 5.52 Å². The minimum atomic E-state index is 0.913. The first kappa shape index (κ1) is 18.6. The van der Waals surface area contributed by atoms with Crippen LogP contribution >= 0.6 is 0 Å². The lowest BCUT2D eigenvalue weighted by Gasteiger charge is -2.05. The van der Waals surface area contributed by atoms with Crippen LogP contribution in [0.25, 0.3) is 71.6 Å². The van der Waals surface area contributed by atoms with Crippen LogP contribution in [-0.4, -0.2) is 14.4 Å². The number of hydrogen-bond acceptors (Lipinski definition) is 2. The summed E-state index contributed by atoms with van der Waals surface area (Å²) in [7, 11) is 0. The number of nitrogens with zero attached hydrogens (tertiary/aromatic N) is 3. The summed E-state index contributed by atoms with van der Waals surface area (Å²) >= 11 is 0. The van der Waals surface area contributed by atoms with Crippen molar-refractivity contribution >= 4 is 49.4 Å². The van der Waals surface area contributed by atoms with Crippen molar-refractivity contribution in [3.8, 4) is 22.3 Å². The normalized spacial score (nSPS) is 12.0. The van der Waals surface area contributed by atoms with E-state index in [-0.39, 0.29) is 0 Å². The van der Waals surface area contributed by atoms with Gasteiger partial charge in [-0.05, 0) is 58.7 Å². The molecule has 3 nitrogen and oxygen atoms in total. The van der Waals surface area contributed by atoms with Crippen LogP contribution in [-0.2, 0) is 0 Å². The molecule has 0 saturated carbocycles. The Kier molecular flexibility index (Phi) is 3.66. The summed E-state index contributed by atoms with van der Waals surface area (Å²) in [6, 6.07) is 40.7. The molecule has 5 aromatic carbocycles. The zero-order chi connectivity index (χ0) is 22.9. The van der Waals surface area contributed by atoms with Crippen molar-refractivity contribution in [1.82, 2.24) is 14.4 Å². The maximum absolute atomic E-state index is 5.10. The van der Waals surface area contributed by atoms with Gasteiger partial charge in [0.2, 0.25) is 0 Å². The van der Waals surface area contributed by atoms with E-state index in [0.29, 0.717) is 0 Å². The van der Waals surface area contributed by atoms with E-state index in [2.05, 4.69) is 95.4 Å². The number of aromatic nitrogens is 3. The molecular formula is C32H19N3. The zero-order valence-corrected chi connectivity index (χ0v) is 18.8. The smallest absolute Gasteiger partial charge is 0.165 e. The van der Waals surface area contributed by atoms with Gasteiger partial charge in [-0.3, -0.25) is 4.40 Å². The Morgan fingerprint density at radius 1 is 0.457 bits per heavy atom. The summed E-state index contributed by atoms with van der Waals surface area (Å²) in [6.07, 6.45) is 0. The summed E-state index contributed by atoms with van der Waals surface area (Å²) < 4.78 is 2.30. The fourth-order valence-electron chi connectivity index (χ4n) is 5.48. The molecule has 3 heterocycles. The quantitative estimate of drug-likeness (QED) is 0.269. The Balaban J connectivity index is 1.57. The average molecular weight is 446 g/mol. The van der Waals surface area contributed by atoms with Gasteiger partial charge < -0.3 is 0 Å². The maximum atomic E-state index is 5.10. The van der Waals surface area contributed by atoms with Crippen LogP contribution in [0.5, 0.6) is 0 Å². The molecule has 3 heteroatoms. The molecule has 0 unspecified atom stereocenters. The van der Waals surface area contributed by atoms with Crippen molar-refractivity contribution in [2.75, 3.05) is 0 Å². The van der Waals surface area contributed by atoms with E-state index in [9.17, 15) is 0 Å². The molecule has 8 rings (SSSR count). The molecule has 0 spiro atoms. The van der Waals surface area contributed by atoms with Gasteiger partial charge in [0.05, 0.1) is 22.1 Å². The minimum Gasteiger partial charge on any atom is -0.291 e. The van der Waals surface area contributed by atoms with Crippen LogP contribution < -0.4 is 0 Å². The highest BCUT2D eigenvalue weighted by molar-refractivity contribution is 6.24. The molecule has 3 aromatic heterocycles. The van der Waals surface area contributed by atoms with E-state index in [1.807, 2.05) is 24.3 Å². The SMILES string of the molecule is c1ccc(-c2ccc3c(c2)c2cc(-c4ccccc4)cc4c5nc6ccccc6nc5n3c24)cc1. The second-order valence-corrected chi connectivity index (χ2v) is 9.10. The molecule has 35 heavy (non-hydrogen) atoms. The standard InChI is InChI=1S/C32H19N3/c1-3-9-20(10-4-1)22-15-16-29-24(17-22)25-18-23(21-11-5-2-6-12-21)19-26-30-32(35(29)31(25)26)34-28-14-8-7-13-27(28)33-30/h1-19H. The van der Waals surface area contributed by atoms with E-state index in [4.69, 9.17) is 9.97 Å². The van der Waals surface area contributed by atoms with Gasteiger partial charge in [0.25, 0.3) is 0 Å². The van der Waals surface area contributed by atoms with Gasteiger partial charge in [-0.1, -0.05) is 78.9 Å². The first-order chi connectivity index (χ1) is 17.3. The van der Waals surface area contributed by atoms with Crippen molar-refractivity contribution in [2.45, 2.75) is 0 Å². The Labute approximate surface area is 201 Å². The topological polar surface area (TPSA) is 30.2 Å². The van der Waals surface area contributed by atoms with Gasteiger partial charge in [-0.2, -0.15) is 0 Å². The zero-order valence-electron chi connectivity index (χ0n) is 18.8. The molecule has 0 bridgehead atoms. The molecule has 8 aromatic rings. The first-order valence-corrected chi connectivity index (χ1v) is 11.9. The monoisotopic (exact) mass is 445 g/mol. The summed E-state index contributed by atoms with van der Waals surface area (Å²) in [4.78, 5) is 10.2. The molecule has 0 atom stereocenters. The lowest BCUT2D eigenvalue weighted by molar-refractivity contribution is 1.28. The van der Waals surface area contributed by atoms with Gasteiger partial charge in [-0.25, -0.2) is 9.97 Å². The minimum absolute atomic E-state index is 0.913. The number of para-hydroxylation sites is 2. The largest absolute Gasteiger partial charge is 0.291 e. The third-order valence-electron chi connectivity index (χ3n) is 7.09. The highest BCUT2D eigenvalue weighted by Crippen LogP contribution is 2.42. The van der Waals surface area contributed by atoms with Crippen molar-refractivity contribution in [1.29, 1.82) is 0 Å². The van der Waals surface area contributed by atoms with Gasteiger partial charge in [0.15, 0.2) is 5.65 Å². The number of hydrogen-bond donors (Lipinski definition) is 0. The van der Waals surface area contributed by atoms with Crippen molar-refractivity contribution in [3.05, 3.63) is 115 Å². The van der Waals surface area contributed by atoms with E-state index >= 15 is 0 Å². The fraction of sp³-hybridized carbons (Fsp3) is 0. The number of fused-ring (bicyclic) bond motifs is 7. The molecule has 0 aliphatic carbocycles. The van der Waals surface area contributed by atoms with Crippen molar-refractivity contribution < 1.29 is 0 Å². The number of rotatable bonds is 2. The Bertz CT molecular complexity index is 2040. The summed E-state index contributed by atoms with van der Waals surface area (Å²) in [6.45, 7) is 0.